The molecule has 1 amide bonds. The lowest BCUT2D eigenvalue weighted by Gasteiger charge is -2.41. The van der Waals surface area contributed by atoms with Gasteiger partial charge in [0.1, 0.15) is 5.82 Å². The molecule has 1 fully saturated rings. The molecule has 5 heteroatoms. The summed E-state index contributed by atoms with van der Waals surface area (Å²) < 4.78 is 2.09. The zero-order chi connectivity index (χ0) is 18.8. The summed E-state index contributed by atoms with van der Waals surface area (Å²) in [6.45, 7) is 8.07. The lowest BCUT2D eigenvalue weighted by atomic mass is 9.95. The monoisotopic (exact) mass is 366 g/mol. The average Bonchev–Trinajstić information content (AvgIpc) is 3.14. The van der Waals surface area contributed by atoms with Crippen LogP contribution in [0.5, 0.6) is 0 Å². The smallest absolute Gasteiger partial charge is 0.224 e. The topological polar surface area (TPSA) is 41.4 Å². The molecule has 0 aliphatic carbocycles. The summed E-state index contributed by atoms with van der Waals surface area (Å²) in [5.74, 6) is 1.25. The average molecular weight is 367 g/mol. The molecule has 1 aromatic carbocycles. The van der Waals surface area contributed by atoms with Crippen LogP contribution in [0.3, 0.4) is 0 Å². The van der Waals surface area contributed by atoms with E-state index in [1.54, 1.807) is 6.20 Å². The third-order valence-corrected chi connectivity index (χ3v) is 6.30. The van der Waals surface area contributed by atoms with Crippen LogP contribution in [0.15, 0.2) is 36.7 Å². The Labute approximate surface area is 162 Å². The summed E-state index contributed by atoms with van der Waals surface area (Å²) in [4.78, 5) is 21.7. The lowest BCUT2D eigenvalue weighted by Crippen LogP contribution is -2.48. The Kier molecular flexibility index (Phi) is 5.30. The molecule has 1 aromatic heterocycles. The Morgan fingerprint density at radius 1 is 1.19 bits per heavy atom. The molecule has 0 N–H and O–H groups in total. The molecule has 0 saturated carbocycles. The molecule has 2 aliphatic rings. The minimum Gasteiger partial charge on any atom is -0.343 e. The second kappa shape index (κ2) is 7.85. The summed E-state index contributed by atoms with van der Waals surface area (Å²) in [5.41, 5.74) is 2.98. The Bertz CT molecular complexity index is 791. The van der Waals surface area contributed by atoms with Gasteiger partial charge in [0.05, 0.1) is 0 Å². The molecule has 0 radical (unpaired) electrons. The van der Waals surface area contributed by atoms with Crippen LogP contribution in [0.4, 0.5) is 0 Å². The highest BCUT2D eigenvalue weighted by Crippen LogP contribution is 2.25. The van der Waals surface area contributed by atoms with E-state index >= 15 is 0 Å². The van der Waals surface area contributed by atoms with Gasteiger partial charge in [-0.25, -0.2) is 4.98 Å². The number of rotatable bonds is 4. The number of carbonyl (C=O) groups is 1. The fraction of sp³-hybridized carbons (Fsp3) is 0.545. The van der Waals surface area contributed by atoms with Gasteiger partial charge >= 0.3 is 0 Å². The molecule has 1 atom stereocenters. The summed E-state index contributed by atoms with van der Waals surface area (Å²) >= 11 is 0. The molecule has 2 aliphatic heterocycles. The van der Waals surface area contributed by atoms with E-state index in [0.29, 0.717) is 12.5 Å². The maximum Gasteiger partial charge on any atom is 0.224 e. The third kappa shape index (κ3) is 3.93. The number of hydrogen-bond acceptors (Lipinski definition) is 3. The highest BCUT2D eigenvalue weighted by molar-refractivity contribution is 5.76. The largest absolute Gasteiger partial charge is 0.343 e. The van der Waals surface area contributed by atoms with E-state index in [0.717, 1.165) is 51.3 Å². The molecule has 0 bridgehead atoms. The number of hydrogen-bond donors (Lipinski definition) is 0. The SMILES string of the molecule is Cc1nccn1[C@H](C)CC(=O)N1CCC(N2CCc3ccccc3C2)CC1. The zero-order valence-electron chi connectivity index (χ0n) is 16.5. The van der Waals surface area contributed by atoms with Crippen molar-refractivity contribution >= 4 is 5.91 Å². The van der Waals surface area contributed by atoms with Crippen molar-refractivity contribution in [3.8, 4) is 0 Å². The second-order valence-electron chi connectivity index (χ2n) is 8.04. The van der Waals surface area contributed by atoms with E-state index in [1.165, 1.54) is 11.1 Å². The number of fused-ring (bicyclic) bond motifs is 1. The Morgan fingerprint density at radius 3 is 2.63 bits per heavy atom. The number of nitrogens with zero attached hydrogens (tertiary/aromatic N) is 4. The van der Waals surface area contributed by atoms with E-state index in [4.69, 9.17) is 0 Å². The quantitative estimate of drug-likeness (QED) is 0.834. The molecular formula is C22H30N4O. The van der Waals surface area contributed by atoms with Crippen molar-refractivity contribution < 1.29 is 4.79 Å². The van der Waals surface area contributed by atoms with E-state index in [1.807, 2.05) is 13.1 Å². The van der Waals surface area contributed by atoms with Crippen molar-refractivity contribution in [2.24, 2.45) is 0 Å². The minimum atomic E-state index is 0.163. The van der Waals surface area contributed by atoms with Gasteiger partial charge in [-0.2, -0.15) is 0 Å². The van der Waals surface area contributed by atoms with Crippen molar-refractivity contribution in [1.82, 2.24) is 19.4 Å². The number of benzene rings is 1. The minimum absolute atomic E-state index is 0.163. The van der Waals surface area contributed by atoms with Crippen LogP contribution < -0.4 is 0 Å². The van der Waals surface area contributed by atoms with Gasteiger partial charge in [0.2, 0.25) is 5.91 Å². The van der Waals surface area contributed by atoms with Crippen molar-refractivity contribution in [2.75, 3.05) is 19.6 Å². The first-order valence-electron chi connectivity index (χ1n) is 10.2. The van der Waals surface area contributed by atoms with Crippen molar-refractivity contribution in [3.63, 3.8) is 0 Å². The van der Waals surface area contributed by atoms with Crippen LogP contribution in [0.25, 0.3) is 0 Å². The van der Waals surface area contributed by atoms with Crippen LogP contribution in [0, 0.1) is 6.92 Å². The summed E-state index contributed by atoms with van der Waals surface area (Å²) in [6.07, 6.45) is 7.65. The lowest BCUT2D eigenvalue weighted by molar-refractivity contribution is -0.133. The predicted molar refractivity (Wildman–Crippen MR) is 106 cm³/mol. The first-order chi connectivity index (χ1) is 13.1. The molecule has 27 heavy (non-hydrogen) atoms. The van der Waals surface area contributed by atoms with Gasteiger partial charge in [-0.15, -0.1) is 0 Å². The van der Waals surface area contributed by atoms with Gasteiger partial charge in [-0.3, -0.25) is 9.69 Å². The van der Waals surface area contributed by atoms with E-state index in [-0.39, 0.29) is 11.9 Å². The van der Waals surface area contributed by atoms with E-state index in [9.17, 15) is 4.79 Å². The van der Waals surface area contributed by atoms with Gasteiger partial charge < -0.3 is 9.47 Å². The maximum absolute atomic E-state index is 12.7. The number of amides is 1. The number of carbonyl (C=O) groups excluding carboxylic acids is 1. The number of aromatic nitrogens is 2. The third-order valence-electron chi connectivity index (χ3n) is 6.30. The molecular weight excluding hydrogens is 336 g/mol. The molecule has 3 heterocycles. The fourth-order valence-electron chi connectivity index (χ4n) is 4.64. The molecule has 2 aromatic rings. The second-order valence-corrected chi connectivity index (χ2v) is 8.04. The molecule has 0 unspecified atom stereocenters. The maximum atomic E-state index is 12.7. The Hall–Kier alpha value is -2.14. The summed E-state index contributed by atoms with van der Waals surface area (Å²) in [7, 11) is 0. The van der Waals surface area contributed by atoms with Crippen molar-refractivity contribution in [3.05, 3.63) is 53.6 Å². The summed E-state index contributed by atoms with van der Waals surface area (Å²) in [6, 6.07) is 9.58. The Balaban J connectivity index is 1.29. The number of likely N-dealkylation sites (tertiary alicyclic amines) is 1. The van der Waals surface area contributed by atoms with Crippen LogP contribution in [0.2, 0.25) is 0 Å². The van der Waals surface area contributed by atoms with Crippen LogP contribution >= 0.6 is 0 Å². The fourth-order valence-corrected chi connectivity index (χ4v) is 4.64. The summed E-state index contributed by atoms with van der Waals surface area (Å²) in [5, 5.41) is 0. The first-order valence-corrected chi connectivity index (χ1v) is 10.2. The van der Waals surface area contributed by atoms with Gasteiger partial charge in [0.25, 0.3) is 0 Å². The van der Waals surface area contributed by atoms with Crippen molar-refractivity contribution in [1.29, 1.82) is 0 Å². The highest BCUT2D eigenvalue weighted by Gasteiger charge is 2.29. The van der Waals surface area contributed by atoms with Gasteiger partial charge in [-0.1, -0.05) is 24.3 Å². The van der Waals surface area contributed by atoms with E-state index < -0.39 is 0 Å². The Morgan fingerprint density at radius 2 is 1.93 bits per heavy atom. The molecule has 1 saturated heterocycles. The number of imidazole rings is 1. The predicted octanol–water partition coefficient (Wildman–Crippen LogP) is 3.19. The van der Waals surface area contributed by atoms with Gasteiger partial charge in [0.15, 0.2) is 0 Å². The molecule has 5 nitrogen and oxygen atoms in total. The van der Waals surface area contributed by atoms with Gasteiger partial charge in [-0.05, 0) is 44.2 Å². The molecule has 4 rings (SSSR count). The van der Waals surface area contributed by atoms with Crippen molar-refractivity contribution in [2.45, 2.75) is 58.2 Å². The normalized spacial score (nSPS) is 19.7. The number of piperidine rings is 1. The standard InChI is InChI=1S/C22H30N4O/c1-17(26-14-10-23-18(26)2)15-22(27)24-12-8-21(9-13-24)25-11-7-19-5-3-4-6-20(19)16-25/h3-6,10,14,17,21H,7-9,11-13,15-16H2,1-2H3/t17-/m1/s1. The first kappa shape index (κ1) is 18.2. The zero-order valence-corrected chi connectivity index (χ0v) is 16.5. The van der Waals surface area contributed by atoms with Crippen LogP contribution in [0.1, 0.15) is 49.2 Å². The molecule has 144 valence electrons. The van der Waals surface area contributed by atoms with Crippen LogP contribution in [-0.2, 0) is 17.8 Å². The highest BCUT2D eigenvalue weighted by atomic mass is 16.2. The van der Waals surface area contributed by atoms with Crippen LogP contribution in [-0.4, -0.2) is 50.9 Å². The van der Waals surface area contributed by atoms with Gasteiger partial charge in [0, 0.05) is 57.1 Å². The molecule has 0 spiro atoms. The number of aryl methyl sites for hydroxylation is 1. The van der Waals surface area contributed by atoms with E-state index in [2.05, 4.69) is 50.5 Å².